The highest BCUT2D eigenvalue weighted by Crippen LogP contribution is 2.25. The standard InChI is InChI=1S/C13H14F2N2O2/c1-8(13(18)17(3)19-4)5-9-6-10(14)11(15)7-12(9)16-2/h5-7H,2H2,1,3-4H3/b8-5+. The second kappa shape index (κ2) is 6.19. The number of hydroxylamine groups is 2. The molecule has 0 radical (unpaired) electrons. The number of amides is 1. The van der Waals surface area contributed by atoms with Gasteiger partial charge in [-0.15, -0.1) is 0 Å². The maximum absolute atomic E-state index is 13.2. The van der Waals surface area contributed by atoms with E-state index in [1.807, 2.05) is 0 Å². The van der Waals surface area contributed by atoms with E-state index in [-0.39, 0.29) is 11.3 Å². The molecule has 0 saturated heterocycles. The molecule has 0 saturated carbocycles. The Kier molecular flexibility index (Phi) is 4.88. The van der Waals surface area contributed by atoms with Crippen LogP contribution >= 0.6 is 0 Å². The van der Waals surface area contributed by atoms with Crippen LogP contribution in [0.25, 0.3) is 6.08 Å². The zero-order valence-electron chi connectivity index (χ0n) is 10.9. The van der Waals surface area contributed by atoms with Gasteiger partial charge in [-0.3, -0.25) is 14.6 Å². The average Bonchev–Trinajstić information content (AvgIpc) is 2.40. The zero-order valence-corrected chi connectivity index (χ0v) is 10.9. The molecule has 1 aromatic rings. The lowest BCUT2D eigenvalue weighted by molar-refractivity contribution is -0.163. The summed E-state index contributed by atoms with van der Waals surface area (Å²) in [4.78, 5) is 20.1. The molecular weight excluding hydrogens is 254 g/mol. The third-order valence-electron chi connectivity index (χ3n) is 2.51. The zero-order chi connectivity index (χ0) is 14.6. The molecule has 0 aromatic heterocycles. The number of benzene rings is 1. The second-order valence-corrected chi connectivity index (χ2v) is 3.80. The third kappa shape index (κ3) is 3.45. The van der Waals surface area contributed by atoms with Gasteiger partial charge in [0.25, 0.3) is 5.91 Å². The van der Waals surface area contributed by atoms with Gasteiger partial charge >= 0.3 is 0 Å². The maximum Gasteiger partial charge on any atom is 0.272 e. The Labute approximate surface area is 110 Å². The molecule has 0 aliphatic heterocycles. The SMILES string of the molecule is C=Nc1cc(F)c(F)cc1/C=C(\C)C(=O)N(C)OC. The summed E-state index contributed by atoms with van der Waals surface area (Å²) in [5, 5.41) is 1.02. The van der Waals surface area contributed by atoms with E-state index < -0.39 is 17.5 Å². The monoisotopic (exact) mass is 268 g/mol. The molecule has 4 nitrogen and oxygen atoms in total. The van der Waals surface area contributed by atoms with Crippen LogP contribution in [0, 0.1) is 11.6 Å². The van der Waals surface area contributed by atoms with Crippen molar-refractivity contribution in [1.82, 2.24) is 5.06 Å². The summed E-state index contributed by atoms with van der Waals surface area (Å²) in [6.45, 7) is 4.81. The molecule has 1 amide bonds. The molecule has 0 N–H and O–H groups in total. The van der Waals surface area contributed by atoms with E-state index in [0.29, 0.717) is 5.57 Å². The fourth-order valence-corrected chi connectivity index (χ4v) is 1.43. The lowest BCUT2D eigenvalue weighted by atomic mass is 10.1. The van der Waals surface area contributed by atoms with Crippen LogP contribution in [-0.2, 0) is 9.63 Å². The first-order valence-electron chi connectivity index (χ1n) is 5.37. The van der Waals surface area contributed by atoms with Gasteiger partial charge in [-0.25, -0.2) is 13.8 Å². The minimum atomic E-state index is -1.02. The van der Waals surface area contributed by atoms with Crippen molar-refractivity contribution in [3.8, 4) is 0 Å². The number of nitrogens with zero attached hydrogens (tertiary/aromatic N) is 2. The van der Waals surface area contributed by atoms with Crippen molar-refractivity contribution in [3.63, 3.8) is 0 Å². The first kappa shape index (κ1) is 15.0. The van der Waals surface area contributed by atoms with E-state index in [1.165, 1.54) is 27.2 Å². The van der Waals surface area contributed by atoms with Gasteiger partial charge in [0.1, 0.15) is 0 Å². The lowest BCUT2D eigenvalue weighted by Gasteiger charge is -2.14. The van der Waals surface area contributed by atoms with Crippen LogP contribution < -0.4 is 0 Å². The van der Waals surface area contributed by atoms with E-state index >= 15 is 0 Å². The summed E-state index contributed by atoms with van der Waals surface area (Å²) in [6, 6.07) is 1.88. The Morgan fingerprint density at radius 2 is 2.00 bits per heavy atom. The van der Waals surface area contributed by atoms with E-state index in [9.17, 15) is 13.6 Å². The molecule has 102 valence electrons. The number of likely N-dealkylation sites (N-methyl/N-ethyl adjacent to an activating group) is 1. The lowest BCUT2D eigenvalue weighted by Crippen LogP contribution is -2.25. The first-order chi connectivity index (χ1) is 8.90. The van der Waals surface area contributed by atoms with Crippen LogP contribution in [-0.4, -0.2) is 31.8 Å². The van der Waals surface area contributed by atoms with E-state index in [0.717, 1.165) is 17.2 Å². The number of hydrogen-bond acceptors (Lipinski definition) is 3. The summed E-state index contributed by atoms with van der Waals surface area (Å²) in [5.41, 5.74) is 0.718. The van der Waals surface area contributed by atoms with Crippen molar-refractivity contribution in [1.29, 1.82) is 0 Å². The molecule has 0 spiro atoms. The predicted octanol–water partition coefficient (Wildman–Crippen LogP) is 2.72. The minimum Gasteiger partial charge on any atom is -0.274 e. The van der Waals surface area contributed by atoms with Gasteiger partial charge in [0.2, 0.25) is 0 Å². The quantitative estimate of drug-likeness (QED) is 0.478. The fourth-order valence-electron chi connectivity index (χ4n) is 1.43. The van der Waals surface area contributed by atoms with E-state index in [2.05, 4.69) is 11.7 Å². The maximum atomic E-state index is 13.2. The van der Waals surface area contributed by atoms with Gasteiger partial charge in [0.05, 0.1) is 12.8 Å². The largest absolute Gasteiger partial charge is 0.274 e. The average molecular weight is 268 g/mol. The Bertz CT molecular complexity index is 542. The van der Waals surface area contributed by atoms with Gasteiger partial charge in [0.15, 0.2) is 11.6 Å². The molecule has 0 fully saturated rings. The topological polar surface area (TPSA) is 41.9 Å². The molecule has 19 heavy (non-hydrogen) atoms. The fraction of sp³-hybridized carbons (Fsp3) is 0.231. The summed E-state index contributed by atoms with van der Waals surface area (Å²) >= 11 is 0. The molecule has 0 atom stereocenters. The van der Waals surface area contributed by atoms with Gasteiger partial charge in [-0.1, -0.05) is 0 Å². The van der Waals surface area contributed by atoms with Crippen LogP contribution in [0.5, 0.6) is 0 Å². The van der Waals surface area contributed by atoms with Gasteiger partial charge in [-0.05, 0) is 25.8 Å². The van der Waals surface area contributed by atoms with Gasteiger partial charge < -0.3 is 0 Å². The molecule has 0 bridgehead atoms. The molecule has 1 aromatic carbocycles. The number of hydrogen-bond donors (Lipinski definition) is 0. The van der Waals surface area contributed by atoms with Crippen molar-refractivity contribution in [3.05, 3.63) is 34.9 Å². The van der Waals surface area contributed by atoms with E-state index in [1.54, 1.807) is 0 Å². The highest BCUT2D eigenvalue weighted by atomic mass is 19.2. The molecule has 0 aliphatic rings. The first-order valence-corrected chi connectivity index (χ1v) is 5.37. The molecule has 6 heteroatoms. The molecule has 0 aliphatic carbocycles. The van der Waals surface area contributed by atoms with Crippen molar-refractivity contribution in [2.24, 2.45) is 4.99 Å². The van der Waals surface area contributed by atoms with Crippen molar-refractivity contribution >= 4 is 24.4 Å². The number of halogens is 2. The van der Waals surface area contributed by atoms with Crippen molar-refractivity contribution < 1.29 is 18.4 Å². The smallest absolute Gasteiger partial charge is 0.272 e. The number of aliphatic imine (C=N–C) groups is 1. The van der Waals surface area contributed by atoms with Crippen LogP contribution in [0.3, 0.4) is 0 Å². The molecule has 1 rings (SSSR count). The molecule has 0 heterocycles. The number of rotatable bonds is 4. The van der Waals surface area contributed by atoms with Crippen LogP contribution in [0.15, 0.2) is 22.7 Å². The number of carbonyl (C=O) groups is 1. The Morgan fingerprint density at radius 1 is 1.42 bits per heavy atom. The second-order valence-electron chi connectivity index (χ2n) is 3.80. The summed E-state index contributed by atoms with van der Waals surface area (Å²) in [6.07, 6.45) is 1.39. The minimum absolute atomic E-state index is 0.158. The molecule has 0 unspecified atom stereocenters. The van der Waals surface area contributed by atoms with Gasteiger partial charge in [0, 0.05) is 24.3 Å². The summed E-state index contributed by atoms with van der Waals surface area (Å²) in [7, 11) is 2.79. The van der Waals surface area contributed by atoms with Crippen LogP contribution in [0.4, 0.5) is 14.5 Å². The Morgan fingerprint density at radius 3 is 2.53 bits per heavy atom. The summed E-state index contributed by atoms with van der Waals surface area (Å²) in [5.74, 6) is -2.43. The predicted molar refractivity (Wildman–Crippen MR) is 69.0 cm³/mol. The van der Waals surface area contributed by atoms with Crippen molar-refractivity contribution in [2.75, 3.05) is 14.2 Å². The molecular formula is C13H14F2N2O2. The highest BCUT2D eigenvalue weighted by molar-refractivity contribution is 5.97. The van der Waals surface area contributed by atoms with Crippen molar-refractivity contribution in [2.45, 2.75) is 6.92 Å². The van der Waals surface area contributed by atoms with E-state index in [4.69, 9.17) is 4.84 Å². The third-order valence-corrected chi connectivity index (χ3v) is 2.51. The Balaban J connectivity index is 3.20. The Hall–Kier alpha value is -2.08. The van der Waals surface area contributed by atoms with Crippen LogP contribution in [0.2, 0.25) is 0 Å². The normalized spacial score (nSPS) is 11.3. The highest BCUT2D eigenvalue weighted by Gasteiger charge is 2.12. The number of carbonyl (C=O) groups excluding carboxylic acids is 1. The van der Waals surface area contributed by atoms with Gasteiger partial charge in [-0.2, -0.15) is 0 Å². The summed E-state index contributed by atoms with van der Waals surface area (Å²) < 4.78 is 26.2. The van der Waals surface area contributed by atoms with Crippen LogP contribution in [0.1, 0.15) is 12.5 Å².